The van der Waals surface area contributed by atoms with Gasteiger partial charge in [0.05, 0.1) is 11.8 Å². The number of hydrogen-bond acceptors (Lipinski definition) is 4. The third-order valence-corrected chi connectivity index (χ3v) is 3.48. The van der Waals surface area contributed by atoms with Crippen LogP contribution in [0.1, 0.15) is 32.4 Å². The van der Waals surface area contributed by atoms with Crippen LogP contribution < -0.4 is 5.32 Å². The minimum atomic E-state index is -0.327. The summed E-state index contributed by atoms with van der Waals surface area (Å²) in [7, 11) is 0. The molecule has 2 atom stereocenters. The van der Waals surface area contributed by atoms with Crippen molar-refractivity contribution >= 4 is 5.82 Å². The highest BCUT2D eigenvalue weighted by molar-refractivity contribution is 5.37. The fourth-order valence-electron chi connectivity index (χ4n) is 2.38. The van der Waals surface area contributed by atoms with Crippen molar-refractivity contribution in [3.8, 4) is 0 Å². The van der Waals surface area contributed by atoms with Gasteiger partial charge in [-0.2, -0.15) is 0 Å². The van der Waals surface area contributed by atoms with Crippen LogP contribution in [0.25, 0.3) is 0 Å². The van der Waals surface area contributed by atoms with Gasteiger partial charge in [-0.05, 0) is 19.3 Å². The minimum absolute atomic E-state index is 0.285. The highest BCUT2D eigenvalue weighted by atomic mass is 19.1. The van der Waals surface area contributed by atoms with E-state index in [0.29, 0.717) is 30.4 Å². The molecule has 2 unspecified atom stereocenters. The molecule has 1 saturated heterocycles. The van der Waals surface area contributed by atoms with Gasteiger partial charge in [-0.1, -0.05) is 13.8 Å². The molecule has 18 heavy (non-hydrogen) atoms. The van der Waals surface area contributed by atoms with Gasteiger partial charge >= 0.3 is 0 Å². The Morgan fingerprint density at radius 3 is 3.00 bits per heavy atom. The molecule has 0 amide bonds. The lowest BCUT2D eigenvalue weighted by molar-refractivity contribution is 0.0900. The van der Waals surface area contributed by atoms with Gasteiger partial charge < -0.3 is 10.1 Å². The second-order valence-corrected chi connectivity index (χ2v) is 4.58. The zero-order valence-corrected chi connectivity index (χ0v) is 10.9. The topological polar surface area (TPSA) is 47.0 Å². The standard InChI is InChI=1S/C13H20FN3O/c1-3-10-12(14)13(17-8-16-10)15-7-9-5-6-18-11(9)4-2/h8-9,11H,3-7H2,1-2H3,(H,15,16,17). The normalized spacial score (nSPS) is 23.3. The number of nitrogens with zero attached hydrogens (tertiary/aromatic N) is 2. The Bertz CT molecular complexity index is 400. The van der Waals surface area contributed by atoms with Crippen molar-refractivity contribution in [2.24, 2.45) is 5.92 Å². The van der Waals surface area contributed by atoms with Crippen LogP contribution in [0, 0.1) is 11.7 Å². The average molecular weight is 253 g/mol. The highest BCUT2D eigenvalue weighted by Crippen LogP contribution is 2.24. The number of nitrogens with one attached hydrogen (secondary N) is 1. The van der Waals surface area contributed by atoms with Crippen molar-refractivity contribution in [1.82, 2.24) is 9.97 Å². The summed E-state index contributed by atoms with van der Waals surface area (Å²) < 4.78 is 19.5. The number of aromatic nitrogens is 2. The Morgan fingerprint density at radius 1 is 1.44 bits per heavy atom. The first-order valence-corrected chi connectivity index (χ1v) is 6.61. The monoisotopic (exact) mass is 253 g/mol. The molecule has 1 aliphatic rings. The molecule has 1 aromatic rings. The van der Waals surface area contributed by atoms with E-state index >= 15 is 0 Å². The van der Waals surface area contributed by atoms with Crippen molar-refractivity contribution < 1.29 is 9.13 Å². The summed E-state index contributed by atoms with van der Waals surface area (Å²) >= 11 is 0. The second kappa shape index (κ2) is 6.09. The quantitative estimate of drug-likeness (QED) is 0.875. The van der Waals surface area contributed by atoms with E-state index in [1.165, 1.54) is 6.33 Å². The number of halogens is 1. The van der Waals surface area contributed by atoms with Gasteiger partial charge in [-0.15, -0.1) is 0 Å². The zero-order valence-electron chi connectivity index (χ0n) is 10.9. The third kappa shape index (κ3) is 2.77. The molecule has 0 spiro atoms. The Labute approximate surface area is 107 Å². The van der Waals surface area contributed by atoms with Crippen LogP contribution >= 0.6 is 0 Å². The Kier molecular flexibility index (Phi) is 4.47. The molecule has 0 bridgehead atoms. The first-order valence-electron chi connectivity index (χ1n) is 6.61. The maximum absolute atomic E-state index is 13.9. The molecular weight excluding hydrogens is 233 g/mol. The lowest BCUT2D eigenvalue weighted by Crippen LogP contribution is -2.23. The minimum Gasteiger partial charge on any atom is -0.378 e. The molecule has 1 aliphatic heterocycles. The van der Waals surface area contributed by atoms with Crippen LogP contribution in [-0.2, 0) is 11.2 Å². The molecule has 2 heterocycles. The molecule has 1 N–H and O–H groups in total. The molecule has 100 valence electrons. The van der Waals surface area contributed by atoms with Crippen molar-refractivity contribution in [3.05, 3.63) is 17.8 Å². The summed E-state index contributed by atoms with van der Waals surface area (Å²) in [6.07, 6.45) is 4.30. The SMILES string of the molecule is CCc1ncnc(NCC2CCOC2CC)c1F. The van der Waals surface area contributed by atoms with E-state index in [-0.39, 0.29) is 11.9 Å². The van der Waals surface area contributed by atoms with E-state index in [9.17, 15) is 4.39 Å². The van der Waals surface area contributed by atoms with Gasteiger partial charge in [0, 0.05) is 19.1 Å². The molecule has 0 aromatic carbocycles. The van der Waals surface area contributed by atoms with Crippen LogP contribution in [0.2, 0.25) is 0 Å². The van der Waals surface area contributed by atoms with Gasteiger partial charge in [0.2, 0.25) is 0 Å². The van der Waals surface area contributed by atoms with Crippen LogP contribution in [-0.4, -0.2) is 29.2 Å². The van der Waals surface area contributed by atoms with Crippen molar-refractivity contribution in [1.29, 1.82) is 0 Å². The Balaban J connectivity index is 1.98. The van der Waals surface area contributed by atoms with Crippen LogP contribution in [0.4, 0.5) is 10.2 Å². The molecule has 1 aromatic heterocycles. The van der Waals surface area contributed by atoms with Gasteiger partial charge in [0.25, 0.3) is 0 Å². The molecule has 0 aliphatic carbocycles. The smallest absolute Gasteiger partial charge is 0.186 e. The first-order chi connectivity index (χ1) is 8.76. The first kappa shape index (κ1) is 13.2. The summed E-state index contributed by atoms with van der Waals surface area (Å²) in [5, 5.41) is 3.09. The van der Waals surface area contributed by atoms with E-state index in [2.05, 4.69) is 22.2 Å². The summed E-state index contributed by atoms with van der Waals surface area (Å²) in [6, 6.07) is 0. The second-order valence-electron chi connectivity index (χ2n) is 4.58. The zero-order chi connectivity index (χ0) is 13.0. The van der Waals surface area contributed by atoms with Gasteiger partial charge in [0.15, 0.2) is 11.6 Å². The van der Waals surface area contributed by atoms with E-state index in [1.54, 1.807) is 0 Å². The van der Waals surface area contributed by atoms with E-state index in [0.717, 1.165) is 19.4 Å². The van der Waals surface area contributed by atoms with Crippen LogP contribution in [0.15, 0.2) is 6.33 Å². The highest BCUT2D eigenvalue weighted by Gasteiger charge is 2.26. The molecule has 0 saturated carbocycles. The number of anilines is 1. The molecule has 0 radical (unpaired) electrons. The molecule has 2 rings (SSSR count). The maximum Gasteiger partial charge on any atom is 0.186 e. The van der Waals surface area contributed by atoms with E-state index in [1.807, 2.05) is 6.92 Å². The predicted molar refractivity (Wildman–Crippen MR) is 68.0 cm³/mol. The van der Waals surface area contributed by atoms with Gasteiger partial charge in [-0.25, -0.2) is 14.4 Å². The summed E-state index contributed by atoms with van der Waals surface area (Å²) in [6.45, 7) is 5.50. The fraction of sp³-hybridized carbons (Fsp3) is 0.692. The number of aryl methyl sites for hydroxylation is 1. The Hall–Kier alpha value is -1.23. The van der Waals surface area contributed by atoms with E-state index in [4.69, 9.17) is 4.74 Å². The predicted octanol–water partition coefficient (Wildman–Crippen LogP) is 2.41. The molecular formula is C13H20FN3O. The van der Waals surface area contributed by atoms with E-state index < -0.39 is 0 Å². The van der Waals surface area contributed by atoms with Crippen molar-refractivity contribution in [2.75, 3.05) is 18.5 Å². The molecule has 5 heteroatoms. The third-order valence-electron chi connectivity index (χ3n) is 3.48. The van der Waals surface area contributed by atoms with Crippen molar-refractivity contribution in [3.63, 3.8) is 0 Å². The largest absolute Gasteiger partial charge is 0.378 e. The number of rotatable bonds is 5. The lowest BCUT2D eigenvalue weighted by atomic mass is 10.00. The molecule has 1 fully saturated rings. The van der Waals surface area contributed by atoms with Crippen molar-refractivity contribution in [2.45, 2.75) is 39.2 Å². The summed E-state index contributed by atoms with van der Waals surface area (Å²) in [4.78, 5) is 7.88. The number of hydrogen-bond donors (Lipinski definition) is 1. The maximum atomic E-state index is 13.9. The average Bonchev–Trinajstić information content (AvgIpc) is 2.85. The van der Waals surface area contributed by atoms with Crippen LogP contribution in [0.3, 0.4) is 0 Å². The van der Waals surface area contributed by atoms with Gasteiger partial charge in [-0.3, -0.25) is 0 Å². The fourth-order valence-corrected chi connectivity index (χ4v) is 2.38. The number of ether oxygens (including phenoxy) is 1. The Morgan fingerprint density at radius 2 is 2.28 bits per heavy atom. The lowest BCUT2D eigenvalue weighted by Gasteiger charge is -2.17. The summed E-state index contributed by atoms with van der Waals surface area (Å²) in [5.41, 5.74) is 0.460. The summed E-state index contributed by atoms with van der Waals surface area (Å²) in [5.74, 6) is 0.421. The molecule has 4 nitrogen and oxygen atoms in total. The van der Waals surface area contributed by atoms with Crippen LogP contribution in [0.5, 0.6) is 0 Å². The van der Waals surface area contributed by atoms with Gasteiger partial charge in [0.1, 0.15) is 6.33 Å².